The fourth-order valence-corrected chi connectivity index (χ4v) is 4.35. The Kier molecular flexibility index (Phi) is 4.56. The van der Waals surface area contributed by atoms with Gasteiger partial charge in [0.25, 0.3) is 0 Å². The van der Waals surface area contributed by atoms with Gasteiger partial charge in [-0.15, -0.1) is 0 Å². The Morgan fingerprint density at radius 3 is 2.03 bits per heavy atom. The molecule has 0 heterocycles. The molecule has 4 aromatic carbocycles. The van der Waals surface area contributed by atoms with Crippen LogP contribution in [0, 0.1) is 0 Å². The summed E-state index contributed by atoms with van der Waals surface area (Å²) in [5, 5.41) is 2.06. The summed E-state index contributed by atoms with van der Waals surface area (Å²) in [6.07, 6.45) is 5.98. The zero-order valence-corrected chi connectivity index (χ0v) is 17.3. The van der Waals surface area contributed by atoms with E-state index in [1.807, 2.05) is 79.7 Å². The molecule has 0 N–H and O–H groups in total. The Bertz CT molecular complexity index is 1310. The molecule has 0 spiro atoms. The quantitative estimate of drug-likeness (QED) is 0.342. The summed E-state index contributed by atoms with van der Waals surface area (Å²) in [6, 6.07) is 27.9. The lowest BCUT2D eigenvalue weighted by atomic mass is 9.84. The first kappa shape index (κ1) is 19.1. The number of carbonyl (C=O) groups excluding carboxylic acids is 1. The van der Waals surface area contributed by atoms with Crippen molar-refractivity contribution in [3.05, 3.63) is 125 Å². The first-order chi connectivity index (χ1) is 15.1. The summed E-state index contributed by atoms with van der Waals surface area (Å²) in [4.78, 5) is 13.4. The summed E-state index contributed by atoms with van der Waals surface area (Å²) in [5.41, 5.74) is 4.72. The van der Waals surface area contributed by atoms with E-state index in [9.17, 15) is 4.79 Å². The molecule has 0 fully saturated rings. The van der Waals surface area contributed by atoms with Gasteiger partial charge in [0.2, 0.25) is 0 Å². The van der Waals surface area contributed by atoms with Crippen molar-refractivity contribution in [1.29, 1.82) is 0 Å². The van der Waals surface area contributed by atoms with Crippen LogP contribution in [0.5, 0.6) is 0 Å². The number of hydrogen-bond acceptors (Lipinski definition) is 2. The second-order valence-corrected chi connectivity index (χ2v) is 7.96. The molecule has 0 aromatic heterocycles. The largest absolute Gasteiger partial charge is 0.446 e. The molecule has 0 radical (unpaired) electrons. The van der Waals surface area contributed by atoms with Crippen LogP contribution < -0.4 is 0 Å². The minimum absolute atomic E-state index is 0.344. The highest BCUT2D eigenvalue weighted by Crippen LogP contribution is 2.41. The van der Waals surface area contributed by atoms with Gasteiger partial charge in [-0.05, 0) is 52.6 Å². The van der Waals surface area contributed by atoms with Crippen molar-refractivity contribution in [2.24, 2.45) is 0 Å². The minimum atomic E-state index is -0.907. The van der Waals surface area contributed by atoms with Crippen LogP contribution in [0.1, 0.15) is 45.1 Å². The van der Waals surface area contributed by atoms with E-state index in [0.717, 1.165) is 38.6 Å². The molecule has 0 saturated heterocycles. The van der Waals surface area contributed by atoms with Crippen LogP contribution in [0.4, 0.5) is 0 Å². The van der Waals surface area contributed by atoms with Crippen LogP contribution in [0.2, 0.25) is 0 Å². The van der Waals surface area contributed by atoms with Gasteiger partial charge in [-0.2, -0.15) is 0 Å². The highest BCUT2D eigenvalue weighted by molar-refractivity contribution is 5.96. The molecular formula is C29H22O2. The van der Waals surface area contributed by atoms with Gasteiger partial charge in [0, 0.05) is 11.1 Å². The third kappa shape index (κ3) is 3.27. The highest BCUT2D eigenvalue weighted by atomic mass is 16.6. The average molecular weight is 402 g/mol. The third-order valence-electron chi connectivity index (χ3n) is 6.02. The number of benzene rings is 4. The van der Waals surface area contributed by atoms with Crippen LogP contribution in [-0.2, 0) is 10.3 Å². The molecule has 0 atom stereocenters. The lowest BCUT2D eigenvalue weighted by molar-refractivity contribution is 0.00613. The molecule has 1 aliphatic carbocycles. The second kappa shape index (κ2) is 7.41. The summed E-state index contributed by atoms with van der Waals surface area (Å²) < 4.78 is 6.30. The minimum Gasteiger partial charge on any atom is -0.446 e. The molecule has 150 valence electrons. The lowest BCUT2D eigenvalue weighted by Crippen LogP contribution is -2.31. The molecule has 0 bridgehead atoms. The predicted molar refractivity (Wildman–Crippen MR) is 128 cm³/mol. The molecular weight excluding hydrogens is 380 g/mol. The molecule has 31 heavy (non-hydrogen) atoms. The fraction of sp³-hybridized carbons (Fsp3) is 0.0690. The summed E-state index contributed by atoms with van der Waals surface area (Å²) >= 11 is 0. The van der Waals surface area contributed by atoms with Gasteiger partial charge in [-0.1, -0.05) is 91.5 Å². The van der Waals surface area contributed by atoms with E-state index >= 15 is 0 Å². The fourth-order valence-electron chi connectivity index (χ4n) is 4.35. The zero-order valence-electron chi connectivity index (χ0n) is 17.3. The third-order valence-corrected chi connectivity index (χ3v) is 6.02. The number of esters is 1. The second-order valence-electron chi connectivity index (χ2n) is 7.96. The van der Waals surface area contributed by atoms with E-state index in [4.69, 9.17) is 4.74 Å². The Morgan fingerprint density at radius 2 is 1.39 bits per heavy atom. The number of fused-ring (bicyclic) bond motifs is 3. The van der Waals surface area contributed by atoms with E-state index in [2.05, 4.69) is 36.9 Å². The monoisotopic (exact) mass is 402 g/mol. The average Bonchev–Trinajstić information content (AvgIpc) is 2.93. The summed E-state index contributed by atoms with van der Waals surface area (Å²) in [7, 11) is 0. The van der Waals surface area contributed by atoms with Crippen LogP contribution in [-0.4, -0.2) is 5.97 Å². The van der Waals surface area contributed by atoms with Crippen molar-refractivity contribution in [2.75, 3.05) is 0 Å². The van der Waals surface area contributed by atoms with Crippen molar-refractivity contribution in [1.82, 2.24) is 0 Å². The van der Waals surface area contributed by atoms with Gasteiger partial charge in [-0.3, -0.25) is 0 Å². The van der Waals surface area contributed by atoms with Gasteiger partial charge in [0.1, 0.15) is 0 Å². The molecule has 2 heteroatoms. The number of carbonyl (C=O) groups is 1. The van der Waals surface area contributed by atoms with E-state index in [1.165, 1.54) is 0 Å². The highest BCUT2D eigenvalue weighted by Gasteiger charge is 2.37. The van der Waals surface area contributed by atoms with Gasteiger partial charge in [0.15, 0.2) is 5.60 Å². The van der Waals surface area contributed by atoms with Crippen LogP contribution in [0.3, 0.4) is 0 Å². The number of ether oxygens (including phenoxy) is 1. The predicted octanol–water partition coefficient (Wildman–Crippen LogP) is 7.09. The zero-order chi connectivity index (χ0) is 21.4. The van der Waals surface area contributed by atoms with Crippen molar-refractivity contribution in [3.8, 4) is 0 Å². The lowest BCUT2D eigenvalue weighted by Gasteiger charge is -2.32. The molecule has 2 nitrogen and oxygen atoms in total. The first-order valence-corrected chi connectivity index (χ1v) is 10.4. The van der Waals surface area contributed by atoms with Crippen molar-refractivity contribution in [2.45, 2.75) is 12.5 Å². The molecule has 5 rings (SSSR count). The Balaban J connectivity index is 1.59. The first-order valence-electron chi connectivity index (χ1n) is 10.4. The van der Waals surface area contributed by atoms with Gasteiger partial charge in [0.05, 0.1) is 5.56 Å². The standard InChI is InChI=1S/C29H22O2/c1-3-20-12-13-24-19-25(17-16-23(24)18-20)28(30)31-29(2)26-10-6-4-8-21(26)14-15-22-9-5-7-11-27(22)29/h3-19H,1H2,2H3. The normalized spacial score (nSPS) is 13.7. The molecule has 4 aromatic rings. The van der Waals surface area contributed by atoms with Crippen LogP contribution >= 0.6 is 0 Å². The Labute approximate surface area is 182 Å². The number of rotatable bonds is 3. The van der Waals surface area contributed by atoms with Gasteiger partial charge < -0.3 is 4.74 Å². The van der Waals surface area contributed by atoms with E-state index in [-0.39, 0.29) is 5.97 Å². The van der Waals surface area contributed by atoms with Crippen molar-refractivity contribution in [3.63, 3.8) is 0 Å². The maximum atomic E-state index is 13.4. The molecule has 0 aliphatic heterocycles. The molecule has 0 amide bonds. The Hall–Kier alpha value is -3.91. The van der Waals surface area contributed by atoms with E-state index in [1.54, 1.807) is 0 Å². The van der Waals surface area contributed by atoms with Crippen LogP contribution in [0.15, 0.2) is 91.5 Å². The van der Waals surface area contributed by atoms with E-state index < -0.39 is 5.60 Å². The Morgan fingerprint density at radius 1 is 0.806 bits per heavy atom. The summed E-state index contributed by atoms with van der Waals surface area (Å²) in [5.74, 6) is -0.344. The van der Waals surface area contributed by atoms with Gasteiger partial charge >= 0.3 is 5.97 Å². The van der Waals surface area contributed by atoms with Crippen molar-refractivity contribution < 1.29 is 9.53 Å². The summed E-state index contributed by atoms with van der Waals surface area (Å²) in [6.45, 7) is 5.80. The topological polar surface area (TPSA) is 26.3 Å². The van der Waals surface area contributed by atoms with Crippen molar-refractivity contribution >= 4 is 35.0 Å². The van der Waals surface area contributed by atoms with E-state index in [0.29, 0.717) is 5.56 Å². The molecule has 0 saturated carbocycles. The maximum Gasteiger partial charge on any atom is 0.339 e. The molecule has 0 unspecified atom stereocenters. The molecule has 1 aliphatic rings. The maximum absolute atomic E-state index is 13.4. The van der Waals surface area contributed by atoms with Crippen LogP contribution in [0.25, 0.3) is 29.0 Å². The van der Waals surface area contributed by atoms with Gasteiger partial charge in [-0.25, -0.2) is 4.79 Å². The smallest absolute Gasteiger partial charge is 0.339 e. The number of hydrogen-bond donors (Lipinski definition) is 0. The SMILES string of the molecule is C=Cc1ccc2cc(C(=O)OC3(C)c4ccccc4C=Cc4ccccc43)ccc2c1.